The van der Waals surface area contributed by atoms with E-state index in [1.807, 2.05) is 10.8 Å². The molecule has 0 atom stereocenters. The minimum Gasteiger partial charge on any atom is -0.333 e. The summed E-state index contributed by atoms with van der Waals surface area (Å²) in [4.78, 5) is 4.12. The maximum Gasteiger partial charge on any atom is 0.124 e. The Balaban J connectivity index is 2.20. The fourth-order valence-corrected chi connectivity index (χ4v) is 2.02. The number of aromatic nitrogens is 2. The molecular formula is C11H9BrClFN2. The van der Waals surface area contributed by atoms with Gasteiger partial charge < -0.3 is 4.57 Å². The molecule has 2 nitrogen and oxygen atoms in total. The van der Waals surface area contributed by atoms with Gasteiger partial charge in [-0.25, -0.2) is 9.37 Å². The van der Waals surface area contributed by atoms with Gasteiger partial charge in [0.2, 0.25) is 0 Å². The van der Waals surface area contributed by atoms with Crippen LogP contribution in [-0.2, 0) is 12.4 Å². The molecule has 0 saturated heterocycles. The van der Waals surface area contributed by atoms with Gasteiger partial charge in [-0.1, -0.05) is 22.0 Å². The predicted octanol–water partition coefficient (Wildman–Crippen LogP) is 3.57. The molecule has 0 aliphatic heterocycles. The van der Waals surface area contributed by atoms with Crippen molar-refractivity contribution in [3.05, 3.63) is 52.3 Å². The molecule has 0 N–H and O–H groups in total. The summed E-state index contributed by atoms with van der Waals surface area (Å²) in [6.45, 7) is 0.644. The van der Waals surface area contributed by atoms with Crippen LogP contribution in [-0.4, -0.2) is 9.55 Å². The smallest absolute Gasteiger partial charge is 0.124 e. The number of nitrogens with zero attached hydrogens (tertiary/aromatic N) is 2. The van der Waals surface area contributed by atoms with Crippen molar-refractivity contribution in [1.29, 1.82) is 0 Å². The van der Waals surface area contributed by atoms with Crippen LogP contribution in [0.2, 0.25) is 0 Å². The Labute approximate surface area is 106 Å². The minimum atomic E-state index is -0.247. The van der Waals surface area contributed by atoms with Crippen LogP contribution >= 0.6 is 27.5 Å². The van der Waals surface area contributed by atoms with Crippen molar-refractivity contribution in [2.24, 2.45) is 0 Å². The molecule has 2 rings (SSSR count). The van der Waals surface area contributed by atoms with Crippen molar-refractivity contribution in [3.8, 4) is 0 Å². The lowest BCUT2D eigenvalue weighted by atomic mass is 10.2. The average molecular weight is 304 g/mol. The summed E-state index contributed by atoms with van der Waals surface area (Å²) in [6.07, 6.45) is 3.59. The van der Waals surface area contributed by atoms with Crippen molar-refractivity contribution in [2.75, 3.05) is 0 Å². The Bertz CT molecular complexity index is 498. The first-order valence-corrected chi connectivity index (χ1v) is 6.02. The highest BCUT2D eigenvalue weighted by atomic mass is 79.9. The van der Waals surface area contributed by atoms with Crippen molar-refractivity contribution in [2.45, 2.75) is 12.4 Å². The molecule has 16 heavy (non-hydrogen) atoms. The Hall–Kier alpha value is -0.870. The van der Waals surface area contributed by atoms with E-state index >= 15 is 0 Å². The highest BCUT2D eigenvalue weighted by Gasteiger charge is 2.03. The molecule has 0 amide bonds. The molecule has 0 aliphatic carbocycles. The van der Waals surface area contributed by atoms with Gasteiger partial charge in [0.15, 0.2) is 0 Å². The van der Waals surface area contributed by atoms with Gasteiger partial charge in [0, 0.05) is 17.2 Å². The van der Waals surface area contributed by atoms with Crippen molar-refractivity contribution in [3.63, 3.8) is 0 Å². The molecule has 0 fully saturated rings. The van der Waals surface area contributed by atoms with E-state index in [9.17, 15) is 4.39 Å². The quantitative estimate of drug-likeness (QED) is 0.793. The predicted molar refractivity (Wildman–Crippen MR) is 65.0 cm³/mol. The number of alkyl halides is 1. The largest absolute Gasteiger partial charge is 0.333 e. The zero-order valence-corrected chi connectivity index (χ0v) is 10.7. The van der Waals surface area contributed by atoms with Gasteiger partial charge in [0.1, 0.15) is 5.82 Å². The van der Waals surface area contributed by atoms with Gasteiger partial charge >= 0.3 is 0 Å². The SMILES string of the molecule is Fc1ccc(Cn2cnc(CCl)c2)c(Br)c1. The molecule has 1 aromatic carbocycles. The number of halogens is 3. The van der Waals surface area contributed by atoms with Crippen LogP contribution in [0.5, 0.6) is 0 Å². The van der Waals surface area contributed by atoms with Gasteiger partial charge in [0.05, 0.1) is 17.9 Å². The highest BCUT2D eigenvalue weighted by Crippen LogP contribution is 2.19. The lowest BCUT2D eigenvalue weighted by molar-refractivity contribution is 0.625. The van der Waals surface area contributed by atoms with Crippen LogP contribution < -0.4 is 0 Å². The topological polar surface area (TPSA) is 17.8 Å². The summed E-state index contributed by atoms with van der Waals surface area (Å²) in [7, 11) is 0. The normalized spacial score (nSPS) is 10.7. The Kier molecular flexibility index (Phi) is 3.61. The maximum atomic E-state index is 12.9. The molecule has 84 valence electrons. The highest BCUT2D eigenvalue weighted by molar-refractivity contribution is 9.10. The molecule has 0 bridgehead atoms. The average Bonchev–Trinajstić information content (AvgIpc) is 2.70. The molecule has 0 spiro atoms. The second-order valence-electron chi connectivity index (χ2n) is 3.41. The molecule has 0 saturated carbocycles. The van der Waals surface area contributed by atoms with Gasteiger partial charge in [-0.3, -0.25) is 0 Å². The second-order valence-corrected chi connectivity index (χ2v) is 4.53. The van der Waals surface area contributed by atoms with Crippen molar-refractivity contribution in [1.82, 2.24) is 9.55 Å². The van der Waals surface area contributed by atoms with Crippen LogP contribution in [0.4, 0.5) is 4.39 Å². The number of rotatable bonds is 3. The Morgan fingerprint density at radius 2 is 2.25 bits per heavy atom. The number of benzene rings is 1. The Morgan fingerprint density at radius 1 is 1.44 bits per heavy atom. The molecule has 0 aliphatic rings. The van der Waals surface area contributed by atoms with E-state index in [-0.39, 0.29) is 5.82 Å². The third-order valence-corrected chi connectivity index (χ3v) is 3.20. The standard InChI is InChI=1S/C11H9BrClFN2/c12-11-3-9(14)2-1-8(11)5-16-6-10(4-13)15-7-16/h1-3,6-7H,4-5H2. The van der Waals surface area contributed by atoms with Gasteiger partial charge in [-0.15, -0.1) is 11.6 Å². The van der Waals surface area contributed by atoms with Gasteiger partial charge in [-0.05, 0) is 17.7 Å². The van der Waals surface area contributed by atoms with E-state index in [0.717, 1.165) is 15.7 Å². The first-order valence-electron chi connectivity index (χ1n) is 4.69. The fourth-order valence-electron chi connectivity index (χ4n) is 1.41. The lowest BCUT2D eigenvalue weighted by Gasteiger charge is -2.05. The van der Waals surface area contributed by atoms with Crippen LogP contribution in [0.1, 0.15) is 11.3 Å². The molecule has 0 unspecified atom stereocenters. The number of imidazole rings is 1. The van der Waals surface area contributed by atoms with Gasteiger partial charge in [-0.2, -0.15) is 0 Å². The van der Waals surface area contributed by atoms with Crippen LogP contribution in [0.15, 0.2) is 35.2 Å². The molecule has 5 heteroatoms. The Morgan fingerprint density at radius 3 is 2.88 bits per heavy atom. The van der Waals surface area contributed by atoms with Crippen molar-refractivity contribution >= 4 is 27.5 Å². The van der Waals surface area contributed by atoms with E-state index in [1.165, 1.54) is 12.1 Å². The van der Waals surface area contributed by atoms with Crippen LogP contribution in [0.25, 0.3) is 0 Å². The van der Waals surface area contributed by atoms with Crippen molar-refractivity contribution < 1.29 is 4.39 Å². The third kappa shape index (κ3) is 2.62. The summed E-state index contributed by atoms with van der Waals surface area (Å²) in [5.41, 5.74) is 1.83. The van der Waals surface area contributed by atoms with E-state index in [0.29, 0.717) is 12.4 Å². The zero-order valence-electron chi connectivity index (χ0n) is 8.33. The minimum absolute atomic E-state index is 0.247. The monoisotopic (exact) mass is 302 g/mol. The fraction of sp³-hybridized carbons (Fsp3) is 0.182. The summed E-state index contributed by atoms with van der Waals surface area (Å²) < 4.78 is 15.5. The number of hydrogen-bond acceptors (Lipinski definition) is 1. The van der Waals surface area contributed by atoms with E-state index in [4.69, 9.17) is 11.6 Å². The first-order chi connectivity index (χ1) is 7.69. The lowest BCUT2D eigenvalue weighted by Crippen LogP contribution is -1.97. The van der Waals surface area contributed by atoms with E-state index in [2.05, 4.69) is 20.9 Å². The third-order valence-electron chi connectivity index (χ3n) is 2.19. The second kappa shape index (κ2) is 4.97. The molecule has 1 aromatic heterocycles. The van der Waals surface area contributed by atoms with E-state index < -0.39 is 0 Å². The summed E-state index contributed by atoms with van der Waals surface area (Å²) in [6, 6.07) is 4.65. The first kappa shape index (κ1) is 11.6. The number of hydrogen-bond donors (Lipinski definition) is 0. The summed E-state index contributed by atoms with van der Waals surface area (Å²) >= 11 is 8.99. The zero-order chi connectivity index (χ0) is 11.5. The van der Waals surface area contributed by atoms with Gasteiger partial charge in [0.25, 0.3) is 0 Å². The molecule has 2 aromatic rings. The summed E-state index contributed by atoms with van der Waals surface area (Å²) in [5, 5.41) is 0. The van der Waals surface area contributed by atoms with E-state index in [1.54, 1.807) is 12.4 Å². The summed E-state index contributed by atoms with van der Waals surface area (Å²) in [5.74, 6) is 0.153. The molecule has 1 heterocycles. The van der Waals surface area contributed by atoms with Crippen LogP contribution in [0, 0.1) is 5.82 Å². The molecule has 0 radical (unpaired) electrons. The molecular weight excluding hydrogens is 294 g/mol. The van der Waals surface area contributed by atoms with Crippen LogP contribution in [0.3, 0.4) is 0 Å². The maximum absolute atomic E-state index is 12.9.